The molecule has 0 N–H and O–H groups in total. The second-order valence-corrected chi connectivity index (χ2v) is 5.30. The molecule has 0 aromatic heterocycles. The lowest BCUT2D eigenvalue weighted by Crippen LogP contribution is -1.98. The first-order valence-electron chi connectivity index (χ1n) is 8.11. The van der Waals surface area contributed by atoms with Crippen molar-refractivity contribution in [2.24, 2.45) is 0 Å². The zero-order chi connectivity index (χ0) is 14.2. The summed E-state index contributed by atoms with van der Waals surface area (Å²) in [5.74, 6) is -0.151. The van der Waals surface area contributed by atoms with Gasteiger partial charge in [-0.2, -0.15) is 0 Å². The molecule has 0 bridgehead atoms. The Morgan fingerprint density at radius 1 is 0.842 bits per heavy atom. The van der Waals surface area contributed by atoms with Gasteiger partial charge in [0.05, 0.1) is 6.26 Å². The number of hydrogen-bond acceptors (Lipinski definition) is 2. The maximum absolute atomic E-state index is 11.0. The van der Waals surface area contributed by atoms with Gasteiger partial charge in [-0.05, 0) is 6.42 Å². The van der Waals surface area contributed by atoms with E-state index in [9.17, 15) is 4.79 Å². The lowest BCUT2D eigenvalue weighted by atomic mass is 10.0. The molecule has 0 aliphatic rings. The lowest BCUT2D eigenvalue weighted by Gasteiger charge is -2.02. The van der Waals surface area contributed by atoms with E-state index in [1.165, 1.54) is 70.5 Å². The summed E-state index contributed by atoms with van der Waals surface area (Å²) < 4.78 is 4.67. The maximum atomic E-state index is 11.0. The third kappa shape index (κ3) is 15.2. The fourth-order valence-corrected chi connectivity index (χ4v) is 2.26. The first kappa shape index (κ1) is 18.2. The number of ether oxygens (including phenoxy) is 1. The SMILES string of the molecule is C=COC(=O)CCCCCCCCCCCCCC. The Hall–Kier alpha value is -0.790. The van der Waals surface area contributed by atoms with E-state index in [-0.39, 0.29) is 5.97 Å². The van der Waals surface area contributed by atoms with Crippen LogP contribution in [0.5, 0.6) is 0 Å². The second kappa shape index (κ2) is 15.3. The predicted octanol–water partition coefficient (Wildman–Crippen LogP) is 5.76. The minimum Gasteiger partial charge on any atom is -0.435 e. The maximum Gasteiger partial charge on any atom is 0.310 e. The molecule has 0 radical (unpaired) electrons. The van der Waals surface area contributed by atoms with Crippen molar-refractivity contribution in [1.29, 1.82) is 0 Å². The van der Waals surface area contributed by atoms with E-state index >= 15 is 0 Å². The third-order valence-corrected chi connectivity index (χ3v) is 3.45. The van der Waals surface area contributed by atoms with E-state index in [2.05, 4.69) is 18.2 Å². The Kier molecular flexibility index (Phi) is 14.6. The molecule has 0 atom stereocenters. The van der Waals surface area contributed by atoms with Crippen molar-refractivity contribution < 1.29 is 9.53 Å². The highest BCUT2D eigenvalue weighted by molar-refractivity contribution is 5.69. The van der Waals surface area contributed by atoms with Crippen molar-refractivity contribution in [3.05, 3.63) is 12.8 Å². The summed E-state index contributed by atoms with van der Waals surface area (Å²) in [6, 6.07) is 0. The van der Waals surface area contributed by atoms with E-state index in [1.54, 1.807) is 0 Å². The molecule has 0 rings (SSSR count). The Morgan fingerprint density at radius 3 is 1.68 bits per heavy atom. The highest BCUT2D eigenvalue weighted by atomic mass is 16.5. The molecule has 0 fully saturated rings. The Bertz CT molecular complexity index is 211. The molecule has 0 unspecified atom stereocenters. The standard InChI is InChI=1S/C17H32O2/c1-3-5-6-7-8-9-10-11-12-13-14-15-16-17(18)19-4-2/h4H,2-3,5-16H2,1H3. The van der Waals surface area contributed by atoms with Crippen LogP contribution in [0, 0.1) is 0 Å². The predicted molar refractivity (Wildman–Crippen MR) is 82.0 cm³/mol. The minimum absolute atomic E-state index is 0.151. The van der Waals surface area contributed by atoms with Crippen LogP contribution < -0.4 is 0 Å². The summed E-state index contributed by atoms with van der Waals surface area (Å²) in [6.07, 6.45) is 17.5. The number of carbonyl (C=O) groups is 1. The largest absolute Gasteiger partial charge is 0.435 e. The van der Waals surface area contributed by atoms with Gasteiger partial charge < -0.3 is 4.74 Å². The molecular weight excluding hydrogens is 236 g/mol. The average molecular weight is 268 g/mol. The molecule has 0 aliphatic heterocycles. The Balaban J connectivity index is 3.02. The fourth-order valence-electron chi connectivity index (χ4n) is 2.26. The first-order chi connectivity index (χ1) is 9.31. The van der Waals surface area contributed by atoms with E-state index in [1.807, 2.05) is 0 Å². The van der Waals surface area contributed by atoms with Crippen molar-refractivity contribution in [1.82, 2.24) is 0 Å². The van der Waals surface area contributed by atoms with Crippen LogP contribution >= 0.6 is 0 Å². The van der Waals surface area contributed by atoms with Gasteiger partial charge in [-0.3, -0.25) is 4.79 Å². The number of hydrogen-bond donors (Lipinski definition) is 0. The summed E-state index contributed by atoms with van der Waals surface area (Å²) in [5, 5.41) is 0. The van der Waals surface area contributed by atoms with E-state index < -0.39 is 0 Å². The van der Waals surface area contributed by atoms with Gasteiger partial charge >= 0.3 is 5.97 Å². The van der Waals surface area contributed by atoms with Crippen LogP contribution in [0.25, 0.3) is 0 Å². The van der Waals surface area contributed by atoms with Crippen molar-refractivity contribution in [2.45, 2.75) is 90.4 Å². The number of esters is 1. The first-order valence-corrected chi connectivity index (χ1v) is 8.11. The van der Waals surface area contributed by atoms with Gasteiger partial charge in [0.25, 0.3) is 0 Å². The molecular formula is C17H32O2. The average Bonchev–Trinajstić information content (AvgIpc) is 2.40. The Morgan fingerprint density at radius 2 is 1.26 bits per heavy atom. The zero-order valence-electron chi connectivity index (χ0n) is 12.8. The van der Waals surface area contributed by atoms with Crippen molar-refractivity contribution in [2.75, 3.05) is 0 Å². The van der Waals surface area contributed by atoms with Crippen molar-refractivity contribution >= 4 is 5.97 Å². The molecule has 0 amide bonds. The molecule has 0 heterocycles. The monoisotopic (exact) mass is 268 g/mol. The van der Waals surface area contributed by atoms with Gasteiger partial charge in [0.1, 0.15) is 0 Å². The molecule has 112 valence electrons. The smallest absolute Gasteiger partial charge is 0.310 e. The zero-order valence-corrected chi connectivity index (χ0v) is 12.8. The van der Waals surface area contributed by atoms with Gasteiger partial charge in [-0.15, -0.1) is 0 Å². The minimum atomic E-state index is -0.151. The number of unbranched alkanes of at least 4 members (excludes halogenated alkanes) is 11. The summed E-state index contributed by atoms with van der Waals surface area (Å²) in [7, 11) is 0. The lowest BCUT2D eigenvalue weighted by molar-refractivity contribution is -0.138. The highest BCUT2D eigenvalue weighted by Gasteiger charge is 1.99. The van der Waals surface area contributed by atoms with Crippen LogP contribution in [0.4, 0.5) is 0 Å². The summed E-state index contributed by atoms with van der Waals surface area (Å²) in [4.78, 5) is 11.0. The quantitative estimate of drug-likeness (QED) is 0.227. The molecule has 0 aromatic rings. The molecule has 0 spiro atoms. The van der Waals surface area contributed by atoms with E-state index in [0.717, 1.165) is 12.8 Å². The molecule has 0 saturated heterocycles. The van der Waals surface area contributed by atoms with Crippen LogP contribution in [-0.4, -0.2) is 5.97 Å². The van der Waals surface area contributed by atoms with Crippen LogP contribution in [0.15, 0.2) is 12.8 Å². The van der Waals surface area contributed by atoms with Gasteiger partial charge in [0, 0.05) is 6.42 Å². The Labute approximate surface area is 119 Å². The number of rotatable bonds is 14. The fraction of sp³-hybridized carbons (Fsp3) is 0.824. The van der Waals surface area contributed by atoms with Crippen LogP contribution in [0.3, 0.4) is 0 Å². The molecule has 19 heavy (non-hydrogen) atoms. The normalized spacial score (nSPS) is 10.4. The topological polar surface area (TPSA) is 26.3 Å². The third-order valence-electron chi connectivity index (χ3n) is 3.45. The van der Waals surface area contributed by atoms with Gasteiger partial charge in [-0.1, -0.05) is 84.1 Å². The second-order valence-electron chi connectivity index (χ2n) is 5.30. The van der Waals surface area contributed by atoms with Crippen LogP contribution in [-0.2, 0) is 9.53 Å². The van der Waals surface area contributed by atoms with Crippen LogP contribution in [0.1, 0.15) is 90.4 Å². The highest BCUT2D eigenvalue weighted by Crippen LogP contribution is 2.12. The van der Waals surface area contributed by atoms with Crippen LogP contribution in [0.2, 0.25) is 0 Å². The van der Waals surface area contributed by atoms with Gasteiger partial charge in [0.15, 0.2) is 0 Å². The molecule has 0 aromatic carbocycles. The summed E-state index contributed by atoms with van der Waals surface area (Å²) in [5.41, 5.74) is 0. The van der Waals surface area contributed by atoms with Crippen molar-refractivity contribution in [3.63, 3.8) is 0 Å². The van der Waals surface area contributed by atoms with Gasteiger partial charge in [0.2, 0.25) is 0 Å². The van der Waals surface area contributed by atoms with Crippen molar-refractivity contribution in [3.8, 4) is 0 Å². The molecule has 2 heteroatoms. The summed E-state index contributed by atoms with van der Waals surface area (Å²) in [6.45, 7) is 5.63. The summed E-state index contributed by atoms with van der Waals surface area (Å²) >= 11 is 0. The number of carbonyl (C=O) groups excluding carboxylic acids is 1. The molecule has 0 aliphatic carbocycles. The van der Waals surface area contributed by atoms with E-state index in [0.29, 0.717) is 6.42 Å². The van der Waals surface area contributed by atoms with Gasteiger partial charge in [-0.25, -0.2) is 0 Å². The van der Waals surface area contributed by atoms with E-state index in [4.69, 9.17) is 0 Å². The molecule has 2 nitrogen and oxygen atoms in total. The molecule has 0 saturated carbocycles.